The van der Waals surface area contributed by atoms with Gasteiger partial charge >= 0.3 is 0 Å². The highest BCUT2D eigenvalue weighted by molar-refractivity contribution is 6.33. The summed E-state index contributed by atoms with van der Waals surface area (Å²) < 4.78 is 15.5. The second kappa shape index (κ2) is 10.4. The highest BCUT2D eigenvalue weighted by Crippen LogP contribution is 2.30. The first-order valence-electron chi connectivity index (χ1n) is 12.1. The van der Waals surface area contributed by atoms with Crippen molar-refractivity contribution in [1.29, 1.82) is 0 Å². The van der Waals surface area contributed by atoms with Crippen LogP contribution in [-0.4, -0.2) is 58.9 Å². The maximum Gasteiger partial charge on any atom is 0.293 e. The van der Waals surface area contributed by atoms with Crippen molar-refractivity contribution in [2.75, 3.05) is 43.5 Å². The average Bonchev–Trinajstić information content (AvgIpc) is 2.89. The number of hydrogen-bond donors (Lipinski definition) is 1. The SMILES string of the molecule is COn1c(=O)c(-c2c(F)cccc2Cl)cc2cnc(Nc3ccc(N4CCN(C(C)C)CC4)cc3)nc21. The van der Waals surface area contributed by atoms with E-state index in [4.69, 9.17) is 16.4 Å². The molecule has 1 aliphatic heterocycles. The number of nitrogens with zero attached hydrogens (tertiary/aromatic N) is 5. The fraction of sp³-hybridized carbons (Fsp3) is 0.296. The van der Waals surface area contributed by atoms with E-state index in [-0.39, 0.29) is 21.8 Å². The van der Waals surface area contributed by atoms with E-state index in [2.05, 4.69) is 51.1 Å². The predicted octanol–water partition coefficient (Wildman–Crippen LogP) is 4.58. The first kappa shape index (κ1) is 25.0. The van der Waals surface area contributed by atoms with E-state index >= 15 is 0 Å². The van der Waals surface area contributed by atoms with Gasteiger partial charge in [-0.1, -0.05) is 17.7 Å². The van der Waals surface area contributed by atoms with Gasteiger partial charge in [0, 0.05) is 60.7 Å². The topological polar surface area (TPSA) is 75.5 Å². The van der Waals surface area contributed by atoms with Crippen LogP contribution in [0.3, 0.4) is 0 Å². The normalized spacial score (nSPS) is 14.4. The van der Waals surface area contributed by atoms with E-state index in [0.29, 0.717) is 17.4 Å². The minimum atomic E-state index is -0.601. The number of aromatic nitrogens is 3. The molecular formula is C27H28ClFN6O2. The molecule has 1 N–H and O–H groups in total. The molecule has 3 heterocycles. The van der Waals surface area contributed by atoms with Gasteiger partial charge in [0.05, 0.1) is 10.6 Å². The van der Waals surface area contributed by atoms with E-state index in [0.717, 1.165) is 36.6 Å². The number of fused-ring (bicyclic) bond motifs is 1. The van der Waals surface area contributed by atoms with E-state index in [1.165, 1.54) is 37.1 Å². The molecule has 8 nitrogen and oxygen atoms in total. The number of benzene rings is 2. The molecule has 192 valence electrons. The Balaban J connectivity index is 1.40. The van der Waals surface area contributed by atoms with Gasteiger partial charge in [-0.3, -0.25) is 9.69 Å². The zero-order valence-corrected chi connectivity index (χ0v) is 21.7. The van der Waals surface area contributed by atoms with Crippen LogP contribution in [0.5, 0.6) is 0 Å². The van der Waals surface area contributed by atoms with Crippen LogP contribution in [0.2, 0.25) is 5.02 Å². The molecule has 0 radical (unpaired) electrons. The van der Waals surface area contributed by atoms with Gasteiger partial charge < -0.3 is 15.1 Å². The van der Waals surface area contributed by atoms with E-state index < -0.39 is 11.4 Å². The predicted molar refractivity (Wildman–Crippen MR) is 145 cm³/mol. The lowest BCUT2D eigenvalue weighted by Gasteiger charge is -2.38. The van der Waals surface area contributed by atoms with Crippen LogP contribution in [-0.2, 0) is 0 Å². The van der Waals surface area contributed by atoms with Crippen molar-refractivity contribution in [2.45, 2.75) is 19.9 Å². The highest BCUT2D eigenvalue weighted by Gasteiger charge is 2.20. The standard InChI is InChI=1S/C27H28ClFN6O2/c1-17(2)33-11-13-34(14-12-33)20-9-7-19(8-10-20)31-27-30-16-18-15-21(24-22(28)5-4-6-23(24)29)26(36)35(37-3)25(18)32-27/h4-10,15-17H,11-14H2,1-3H3,(H,30,31,32). The lowest BCUT2D eigenvalue weighted by molar-refractivity contribution is 0.168. The van der Waals surface area contributed by atoms with E-state index in [1.54, 1.807) is 6.20 Å². The number of piperazine rings is 1. The Morgan fingerprint density at radius 2 is 1.81 bits per heavy atom. The Morgan fingerprint density at radius 1 is 1.08 bits per heavy atom. The molecule has 0 atom stereocenters. The smallest absolute Gasteiger partial charge is 0.293 e. The lowest BCUT2D eigenvalue weighted by Crippen LogP contribution is -2.48. The number of halogens is 2. The summed E-state index contributed by atoms with van der Waals surface area (Å²) >= 11 is 6.20. The van der Waals surface area contributed by atoms with Crippen LogP contribution in [0.15, 0.2) is 59.5 Å². The Bertz CT molecular complexity index is 1460. The van der Waals surface area contributed by atoms with Crippen molar-refractivity contribution in [3.8, 4) is 11.1 Å². The van der Waals surface area contributed by atoms with Crippen LogP contribution in [0.1, 0.15) is 13.8 Å². The van der Waals surface area contributed by atoms with Crippen LogP contribution in [0.25, 0.3) is 22.2 Å². The van der Waals surface area contributed by atoms with Crippen molar-refractivity contribution in [1.82, 2.24) is 19.6 Å². The molecule has 0 unspecified atom stereocenters. The molecule has 0 amide bonds. The molecule has 0 aliphatic carbocycles. The van der Waals surface area contributed by atoms with Gasteiger partial charge in [-0.25, -0.2) is 9.37 Å². The summed E-state index contributed by atoms with van der Waals surface area (Å²) in [4.78, 5) is 32.2. The molecule has 1 fully saturated rings. The summed E-state index contributed by atoms with van der Waals surface area (Å²) in [5.41, 5.74) is 1.72. The summed E-state index contributed by atoms with van der Waals surface area (Å²) in [7, 11) is 1.35. The number of nitrogens with one attached hydrogen (secondary N) is 1. The lowest BCUT2D eigenvalue weighted by atomic mass is 10.1. The molecule has 1 aliphatic rings. The van der Waals surface area contributed by atoms with Gasteiger partial charge in [0.1, 0.15) is 12.9 Å². The van der Waals surface area contributed by atoms with Crippen molar-refractivity contribution >= 4 is 40.0 Å². The summed E-state index contributed by atoms with van der Waals surface area (Å²) in [5, 5.41) is 3.81. The first-order chi connectivity index (χ1) is 17.9. The summed E-state index contributed by atoms with van der Waals surface area (Å²) in [6.07, 6.45) is 1.56. The van der Waals surface area contributed by atoms with Crippen LogP contribution in [0.4, 0.5) is 21.7 Å². The highest BCUT2D eigenvalue weighted by atomic mass is 35.5. The van der Waals surface area contributed by atoms with Gasteiger partial charge in [-0.05, 0) is 56.3 Å². The first-order valence-corrected chi connectivity index (χ1v) is 12.5. The Kier molecular flexibility index (Phi) is 6.99. The maximum atomic E-state index is 14.5. The molecule has 37 heavy (non-hydrogen) atoms. The van der Waals surface area contributed by atoms with Crippen molar-refractivity contribution in [3.05, 3.63) is 75.9 Å². The monoisotopic (exact) mass is 522 g/mol. The summed E-state index contributed by atoms with van der Waals surface area (Å²) in [5.74, 6) is -0.302. The molecule has 2 aromatic carbocycles. The molecule has 1 saturated heterocycles. The van der Waals surface area contributed by atoms with E-state index in [9.17, 15) is 9.18 Å². The average molecular weight is 523 g/mol. The second-order valence-corrected chi connectivity index (χ2v) is 9.61. The zero-order chi connectivity index (χ0) is 26.1. The van der Waals surface area contributed by atoms with Crippen molar-refractivity contribution in [3.63, 3.8) is 0 Å². The van der Waals surface area contributed by atoms with Crippen LogP contribution in [0, 0.1) is 5.82 Å². The van der Waals surface area contributed by atoms with Gasteiger partial charge in [0.25, 0.3) is 5.56 Å². The van der Waals surface area contributed by atoms with Gasteiger partial charge in [-0.15, -0.1) is 4.73 Å². The molecule has 2 aromatic heterocycles. The molecule has 10 heteroatoms. The third-order valence-electron chi connectivity index (χ3n) is 6.65. The Morgan fingerprint density at radius 3 is 2.46 bits per heavy atom. The summed E-state index contributed by atoms with van der Waals surface area (Å²) in [6.45, 7) is 8.55. The number of anilines is 3. The fourth-order valence-electron chi connectivity index (χ4n) is 4.61. The van der Waals surface area contributed by atoms with Crippen LogP contribution >= 0.6 is 11.6 Å². The Labute approximate surface area is 219 Å². The summed E-state index contributed by atoms with van der Waals surface area (Å²) in [6, 6.07) is 14.5. The van der Waals surface area contributed by atoms with Gasteiger partial charge in [-0.2, -0.15) is 4.98 Å². The van der Waals surface area contributed by atoms with E-state index in [1.807, 2.05) is 12.1 Å². The van der Waals surface area contributed by atoms with Crippen molar-refractivity contribution < 1.29 is 9.23 Å². The quantitative estimate of drug-likeness (QED) is 0.397. The largest absolute Gasteiger partial charge is 0.412 e. The molecule has 0 bridgehead atoms. The maximum absolute atomic E-state index is 14.5. The Hall–Kier alpha value is -3.69. The van der Waals surface area contributed by atoms with Gasteiger partial charge in [0.2, 0.25) is 5.95 Å². The second-order valence-electron chi connectivity index (χ2n) is 9.20. The molecule has 4 aromatic rings. The molecule has 5 rings (SSSR count). The molecular weight excluding hydrogens is 495 g/mol. The van der Waals surface area contributed by atoms with Gasteiger partial charge in [0.15, 0.2) is 5.65 Å². The molecule has 0 saturated carbocycles. The van der Waals surface area contributed by atoms with Crippen LogP contribution < -0.4 is 20.6 Å². The number of hydrogen-bond acceptors (Lipinski definition) is 7. The minimum absolute atomic E-state index is 0.00905. The fourth-order valence-corrected chi connectivity index (χ4v) is 4.88. The minimum Gasteiger partial charge on any atom is -0.412 e. The zero-order valence-electron chi connectivity index (χ0n) is 20.9. The number of pyridine rings is 1. The third-order valence-corrected chi connectivity index (χ3v) is 6.97. The number of rotatable bonds is 6. The van der Waals surface area contributed by atoms with Crippen molar-refractivity contribution in [2.24, 2.45) is 0 Å². The third kappa shape index (κ3) is 4.97. The molecule has 0 spiro atoms.